The topological polar surface area (TPSA) is 21.3 Å². The molecule has 0 aromatic heterocycles. The smallest absolute Gasteiger partial charge is 0.120 e. The maximum Gasteiger partial charge on any atom is 0.120 e. The molecular weight excluding hydrogens is 282 g/mol. The van der Waals surface area contributed by atoms with Gasteiger partial charge in [-0.3, -0.25) is 0 Å². The van der Waals surface area contributed by atoms with Crippen LogP contribution in [-0.4, -0.2) is 6.54 Å². The average Bonchev–Trinajstić information content (AvgIpc) is 2.62. The number of ether oxygens (including phenoxy) is 1. The Kier molecular flexibility index (Phi) is 4.09. The zero-order valence-corrected chi connectivity index (χ0v) is 13.7. The van der Waals surface area contributed by atoms with E-state index in [2.05, 4.69) is 47.8 Å². The van der Waals surface area contributed by atoms with Gasteiger partial charge in [0.25, 0.3) is 0 Å². The highest BCUT2D eigenvalue weighted by molar-refractivity contribution is 5.42. The van der Waals surface area contributed by atoms with E-state index in [0.29, 0.717) is 12.0 Å². The van der Waals surface area contributed by atoms with Gasteiger partial charge in [-0.25, -0.2) is 0 Å². The van der Waals surface area contributed by atoms with Crippen LogP contribution in [0.2, 0.25) is 0 Å². The van der Waals surface area contributed by atoms with Gasteiger partial charge in [0.05, 0.1) is 0 Å². The van der Waals surface area contributed by atoms with Crippen LogP contribution in [0.3, 0.4) is 0 Å². The number of hydrogen-bond acceptors (Lipinski definition) is 2. The van der Waals surface area contributed by atoms with E-state index in [4.69, 9.17) is 4.74 Å². The van der Waals surface area contributed by atoms with Gasteiger partial charge in [0.1, 0.15) is 12.4 Å². The molecule has 23 heavy (non-hydrogen) atoms. The summed E-state index contributed by atoms with van der Waals surface area (Å²) in [6.07, 6.45) is 6.80. The number of fused-ring (bicyclic) bond motifs is 2. The molecule has 0 unspecified atom stereocenters. The number of nitrogens with one attached hydrogen (secondary N) is 1. The molecule has 1 spiro atoms. The molecule has 4 rings (SSSR count). The van der Waals surface area contributed by atoms with Gasteiger partial charge < -0.3 is 10.1 Å². The second-order valence-corrected chi connectivity index (χ2v) is 7.04. The van der Waals surface area contributed by atoms with Crippen LogP contribution in [0, 0.1) is 0 Å². The van der Waals surface area contributed by atoms with Crippen molar-refractivity contribution in [2.45, 2.75) is 50.7 Å². The zero-order valence-electron chi connectivity index (χ0n) is 13.7. The van der Waals surface area contributed by atoms with Gasteiger partial charge in [0, 0.05) is 18.5 Å². The van der Waals surface area contributed by atoms with Crippen LogP contribution in [0.5, 0.6) is 5.75 Å². The van der Waals surface area contributed by atoms with Crippen LogP contribution in [0.1, 0.15) is 48.8 Å². The summed E-state index contributed by atoms with van der Waals surface area (Å²) in [6.45, 7) is 2.75. The van der Waals surface area contributed by atoms with Crippen LogP contribution in [0.4, 0.5) is 0 Å². The molecule has 0 radical (unpaired) electrons. The molecule has 1 fully saturated rings. The van der Waals surface area contributed by atoms with Crippen molar-refractivity contribution in [1.29, 1.82) is 0 Å². The lowest BCUT2D eigenvalue weighted by Gasteiger charge is -2.42. The lowest BCUT2D eigenvalue weighted by molar-refractivity contribution is 0.262. The summed E-state index contributed by atoms with van der Waals surface area (Å²) < 4.78 is 6.01. The largest absolute Gasteiger partial charge is 0.489 e. The second-order valence-electron chi connectivity index (χ2n) is 7.04. The van der Waals surface area contributed by atoms with E-state index in [9.17, 15) is 0 Å². The van der Waals surface area contributed by atoms with Gasteiger partial charge in [-0.2, -0.15) is 0 Å². The quantitative estimate of drug-likeness (QED) is 0.897. The van der Waals surface area contributed by atoms with Crippen molar-refractivity contribution in [3.63, 3.8) is 0 Å². The van der Waals surface area contributed by atoms with E-state index in [1.807, 2.05) is 6.07 Å². The summed E-state index contributed by atoms with van der Waals surface area (Å²) in [5.41, 5.74) is 4.60. The molecule has 1 N–H and O–H groups in total. The summed E-state index contributed by atoms with van der Waals surface area (Å²) in [4.78, 5) is 0. The van der Waals surface area contributed by atoms with Gasteiger partial charge >= 0.3 is 0 Å². The number of benzene rings is 2. The Morgan fingerprint density at radius 2 is 1.78 bits per heavy atom. The van der Waals surface area contributed by atoms with Crippen molar-refractivity contribution in [1.82, 2.24) is 5.32 Å². The highest BCUT2D eigenvalue weighted by Crippen LogP contribution is 2.43. The molecule has 2 aromatic carbocycles. The first-order valence-electron chi connectivity index (χ1n) is 8.87. The third-order valence-corrected chi connectivity index (χ3v) is 5.49. The molecule has 2 aliphatic rings. The monoisotopic (exact) mass is 307 g/mol. The summed E-state index contributed by atoms with van der Waals surface area (Å²) in [5.74, 6) is 0.988. The van der Waals surface area contributed by atoms with Gasteiger partial charge in [0.15, 0.2) is 0 Å². The van der Waals surface area contributed by atoms with Gasteiger partial charge in [-0.15, -0.1) is 0 Å². The van der Waals surface area contributed by atoms with Gasteiger partial charge in [-0.1, -0.05) is 55.7 Å². The lowest BCUT2D eigenvalue weighted by Crippen LogP contribution is -2.44. The highest BCUT2D eigenvalue weighted by atomic mass is 16.5. The third kappa shape index (κ3) is 3.00. The summed E-state index contributed by atoms with van der Waals surface area (Å²) in [5, 5.41) is 3.65. The Balaban J connectivity index is 1.54. The van der Waals surface area contributed by atoms with E-state index in [1.165, 1.54) is 43.2 Å². The maximum absolute atomic E-state index is 6.01. The molecule has 0 saturated heterocycles. The summed E-state index contributed by atoms with van der Waals surface area (Å²) >= 11 is 0. The predicted octanol–water partition coefficient (Wildman–Crippen LogP) is 4.57. The minimum atomic E-state index is 0.379. The molecule has 2 aromatic rings. The molecule has 0 atom stereocenters. The molecule has 120 valence electrons. The zero-order chi connectivity index (χ0) is 15.5. The van der Waals surface area contributed by atoms with E-state index in [0.717, 1.165) is 18.8 Å². The summed E-state index contributed by atoms with van der Waals surface area (Å²) in [6, 6.07) is 17.1. The van der Waals surface area contributed by atoms with E-state index < -0.39 is 0 Å². The normalized spacial score (nSPS) is 19.3. The lowest BCUT2D eigenvalue weighted by atomic mass is 9.66. The minimum Gasteiger partial charge on any atom is -0.489 e. The van der Waals surface area contributed by atoms with Crippen LogP contribution in [0.15, 0.2) is 48.5 Å². The fraction of sp³-hybridized carbons (Fsp3) is 0.429. The molecule has 2 heteroatoms. The predicted molar refractivity (Wildman–Crippen MR) is 93.7 cm³/mol. The maximum atomic E-state index is 6.01. The SMILES string of the molecule is c1ccc(COc2ccc3c(c2)CNCC32CCCCC2)cc1. The molecule has 1 aliphatic carbocycles. The molecule has 0 amide bonds. The van der Waals surface area contributed by atoms with Crippen molar-refractivity contribution >= 4 is 0 Å². The van der Waals surface area contributed by atoms with Crippen LogP contribution < -0.4 is 10.1 Å². The van der Waals surface area contributed by atoms with Crippen LogP contribution in [-0.2, 0) is 18.6 Å². The van der Waals surface area contributed by atoms with Crippen molar-refractivity contribution in [3.05, 3.63) is 65.2 Å². The Morgan fingerprint density at radius 1 is 0.957 bits per heavy atom. The first kappa shape index (κ1) is 14.8. The van der Waals surface area contributed by atoms with Crippen LogP contribution >= 0.6 is 0 Å². The fourth-order valence-electron chi connectivity index (χ4n) is 4.27. The number of hydrogen-bond donors (Lipinski definition) is 1. The molecule has 1 aliphatic heterocycles. The molecule has 0 bridgehead atoms. The Morgan fingerprint density at radius 3 is 2.61 bits per heavy atom. The van der Waals surface area contributed by atoms with Gasteiger partial charge in [0.2, 0.25) is 0 Å². The first-order chi connectivity index (χ1) is 11.4. The molecular formula is C21H25NO. The Bertz CT molecular complexity index is 659. The first-order valence-corrected chi connectivity index (χ1v) is 8.87. The van der Waals surface area contributed by atoms with Crippen molar-refractivity contribution < 1.29 is 4.74 Å². The third-order valence-electron chi connectivity index (χ3n) is 5.49. The van der Waals surface area contributed by atoms with E-state index >= 15 is 0 Å². The fourth-order valence-corrected chi connectivity index (χ4v) is 4.27. The summed E-state index contributed by atoms with van der Waals surface area (Å²) in [7, 11) is 0. The van der Waals surface area contributed by atoms with Crippen molar-refractivity contribution in [3.8, 4) is 5.75 Å². The van der Waals surface area contributed by atoms with Crippen molar-refractivity contribution in [2.24, 2.45) is 0 Å². The number of rotatable bonds is 3. The standard InChI is InChI=1S/C21H25NO/c1-3-7-17(8-4-1)15-23-19-9-10-20-18(13-19)14-22-16-21(20)11-5-2-6-12-21/h1,3-4,7-10,13,22H,2,5-6,11-12,14-16H2. The van der Waals surface area contributed by atoms with Crippen molar-refractivity contribution in [2.75, 3.05) is 6.54 Å². The van der Waals surface area contributed by atoms with Gasteiger partial charge in [-0.05, 0) is 41.7 Å². The average molecular weight is 307 g/mol. The highest BCUT2D eigenvalue weighted by Gasteiger charge is 2.37. The Labute approximate surface area is 138 Å². The molecule has 1 saturated carbocycles. The minimum absolute atomic E-state index is 0.379. The molecule has 1 heterocycles. The second kappa shape index (κ2) is 6.37. The van der Waals surface area contributed by atoms with E-state index in [1.54, 1.807) is 5.56 Å². The van der Waals surface area contributed by atoms with Crippen LogP contribution in [0.25, 0.3) is 0 Å². The van der Waals surface area contributed by atoms with E-state index in [-0.39, 0.29) is 0 Å². The Hall–Kier alpha value is -1.80. The molecule has 2 nitrogen and oxygen atoms in total.